The first-order chi connectivity index (χ1) is 10.8. The molecule has 0 saturated carbocycles. The molecule has 4 rings (SSSR count). The van der Waals surface area contributed by atoms with Gasteiger partial charge in [-0.3, -0.25) is 9.88 Å². The Morgan fingerprint density at radius 3 is 2.82 bits per heavy atom. The largest absolute Gasteiger partial charge is 0.390 e. The Bertz CT molecular complexity index is 681. The number of nitrogens with zero attached hydrogens (tertiary/aromatic N) is 3. The Balaban J connectivity index is 1.48. The highest BCUT2D eigenvalue weighted by Crippen LogP contribution is 2.30. The molecular formula is C18H19N3O. The molecule has 22 heavy (non-hydrogen) atoms. The first-order valence-corrected chi connectivity index (χ1v) is 7.71. The lowest BCUT2D eigenvalue weighted by molar-refractivity contribution is 0.0745. The lowest BCUT2D eigenvalue weighted by Gasteiger charge is -2.16. The fourth-order valence-corrected chi connectivity index (χ4v) is 3.28. The van der Waals surface area contributed by atoms with Crippen LogP contribution in [0.25, 0.3) is 0 Å². The van der Waals surface area contributed by atoms with E-state index in [4.69, 9.17) is 4.84 Å². The van der Waals surface area contributed by atoms with E-state index in [2.05, 4.69) is 52.3 Å². The Labute approximate surface area is 130 Å². The maximum Gasteiger partial charge on any atom is 0.149 e. The van der Waals surface area contributed by atoms with Crippen molar-refractivity contribution in [1.82, 2.24) is 9.88 Å². The second kappa shape index (κ2) is 5.54. The van der Waals surface area contributed by atoms with Crippen LogP contribution in [0.4, 0.5) is 0 Å². The maximum absolute atomic E-state index is 5.67. The maximum atomic E-state index is 5.67. The zero-order valence-electron chi connectivity index (χ0n) is 12.6. The molecule has 0 N–H and O–H groups in total. The fourth-order valence-electron chi connectivity index (χ4n) is 3.28. The SMILES string of the molecule is Cc1ccc(C2=NO[C@@H]3CN(Cc4cccnc4)C[C@H]23)cc1. The molecule has 0 radical (unpaired) electrons. The molecular weight excluding hydrogens is 274 g/mol. The third kappa shape index (κ3) is 2.50. The van der Waals surface area contributed by atoms with Crippen LogP contribution in [0.3, 0.4) is 0 Å². The summed E-state index contributed by atoms with van der Waals surface area (Å²) in [4.78, 5) is 12.3. The van der Waals surface area contributed by atoms with Crippen LogP contribution in [0.15, 0.2) is 53.9 Å². The molecule has 1 aromatic carbocycles. The van der Waals surface area contributed by atoms with E-state index in [1.54, 1.807) is 0 Å². The van der Waals surface area contributed by atoms with Crippen molar-refractivity contribution in [3.63, 3.8) is 0 Å². The van der Waals surface area contributed by atoms with E-state index in [0.717, 1.165) is 25.3 Å². The summed E-state index contributed by atoms with van der Waals surface area (Å²) in [5.74, 6) is 0.374. The standard InChI is InChI=1S/C18H19N3O/c1-13-4-6-15(7-5-13)18-16-11-21(12-17(16)22-20-18)10-14-3-2-8-19-9-14/h2-9,16-17H,10-12H2,1H3/t16-,17+/m0/s1. The Kier molecular flexibility index (Phi) is 3.39. The van der Waals surface area contributed by atoms with Gasteiger partial charge < -0.3 is 4.84 Å². The van der Waals surface area contributed by atoms with Crippen molar-refractivity contribution in [2.45, 2.75) is 19.6 Å². The van der Waals surface area contributed by atoms with Crippen LogP contribution >= 0.6 is 0 Å². The van der Waals surface area contributed by atoms with Crippen molar-refractivity contribution in [3.8, 4) is 0 Å². The minimum absolute atomic E-state index is 0.188. The quantitative estimate of drug-likeness (QED) is 0.873. The second-order valence-electron chi connectivity index (χ2n) is 6.15. The van der Waals surface area contributed by atoms with Crippen LogP contribution in [0.5, 0.6) is 0 Å². The van der Waals surface area contributed by atoms with Crippen LogP contribution in [-0.2, 0) is 11.4 Å². The number of aromatic nitrogens is 1. The van der Waals surface area contributed by atoms with Crippen molar-refractivity contribution < 1.29 is 4.84 Å². The number of oxime groups is 1. The molecule has 0 bridgehead atoms. The minimum Gasteiger partial charge on any atom is -0.390 e. The molecule has 4 nitrogen and oxygen atoms in total. The topological polar surface area (TPSA) is 37.7 Å². The summed E-state index contributed by atoms with van der Waals surface area (Å²) in [6.07, 6.45) is 3.94. The van der Waals surface area contributed by atoms with Gasteiger partial charge in [-0.05, 0) is 24.1 Å². The predicted octanol–water partition coefficient (Wildman–Crippen LogP) is 2.62. The Hall–Kier alpha value is -2.20. The van der Waals surface area contributed by atoms with Gasteiger partial charge in [0.25, 0.3) is 0 Å². The van der Waals surface area contributed by atoms with E-state index < -0.39 is 0 Å². The summed E-state index contributed by atoms with van der Waals surface area (Å²) >= 11 is 0. The molecule has 0 unspecified atom stereocenters. The van der Waals surface area contributed by atoms with Gasteiger partial charge in [0.2, 0.25) is 0 Å². The zero-order chi connectivity index (χ0) is 14.9. The van der Waals surface area contributed by atoms with Crippen molar-refractivity contribution >= 4 is 5.71 Å². The van der Waals surface area contributed by atoms with Crippen molar-refractivity contribution in [3.05, 3.63) is 65.5 Å². The van der Waals surface area contributed by atoms with Crippen molar-refractivity contribution in [2.75, 3.05) is 13.1 Å². The molecule has 1 saturated heterocycles. The molecule has 2 aliphatic rings. The Morgan fingerprint density at radius 2 is 2.05 bits per heavy atom. The normalized spacial score (nSPS) is 24.0. The summed E-state index contributed by atoms with van der Waals surface area (Å²) in [5, 5.41) is 4.34. The van der Waals surface area contributed by atoms with E-state index in [9.17, 15) is 0 Å². The minimum atomic E-state index is 0.188. The molecule has 112 valence electrons. The zero-order valence-corrected chi connectivity index (χ0v) is 12.6. The van der Waals surface area contributed by atoms with Gasteiger partial charge >= 0.3 is 0 Å². The van der Waals surface area contributed by atoms with Gasteiger partial charge in [0.1, 0.15) is 6.10 Å². The van der Waals surface area contributed by atoms with Gasteiger partial charge in [-0.2, -0.15) is 0 Å². The smallest absolute Gasteiger partial charge is 0.149 e. The van der Waals surface area contributed by atoms with Crippen LogP contribution in [0.2, 0.25) is 0 Å². The number of aryl methyl sites for hydroxylation is 1. The first-order valence-electron chi connectivity index (χ1n) is 7.71. The van der Waals surface area contributed by atoms with Gasteiger partial charge in [0, 0.05) is 32.0 Å². The molecule has 2 aliphatic heterocycles. The van der Waals surface area contributed by atoms with Crippen LogP contribution in [0, 0.1) is 12.8 Å². The molecule has 2 aromatic rings. The molecule has 3 heterocycles. The van der Waals surface area contributed by atoms with Gasteiger partial charge in [-0.15, -0.1) is 0 Å². The van der Waals surface area contributed by atoms with E-state index >= 15 is 0 Å². The van der Waals surface area contributed by atoms with E-state index in [-0.39, 0.29) is 6.10 Å². The number of hydrogen-bond acceptors (Lipinski definition) is 4. The van der Waals surface area contributed by atoms with Gasteiger partial charge in [0.05, 0.1) is 11.6 Å². The van der Waals surface area contributed by atoms with Crippen LogP contribution in [-0.4, -0.2) is 34.8 Å². The second-order valence-corrected chi connectivity index (χ2v) is 6.15. The first kappa shape index (κ1) is 13.5. The number of likely N-dealkylation sites (tertiary alicyclic amines) is 1. The molecule has 1 fully saturated rings. The number of pyridine rings is 1. The number of fused-ring (bicyclic) bond motifs is 1. The number of rotatable bonds is 3. The highest BCUT2D eigenvalue weighted by atomic mass is 16.6. The third-order valence-corrected chi connectivity index (χ3v) is 4.46. The van der Waals surface area contributed by atoms with Gasteiger partial charge in [-0.25, -0.2) is 0 Å². The van der Waals surface area contributed by atoms with E-state index in [0.29, 0.717) is 5.92 Å². The van der Waals surface area contributed by atoms with Crippen LogP contribution in [0.1, 0.15) is 16.7 Å². The number of benzene rings is 1. The Morgan fingerprint density at radius 1 is 1.18 bits per heavy atom. The summed E-state index contributed by atoms with van der Waals surface area (Å²) < 4.78 is 0. The lowest BCUT2D eigenvalue weighted by atomic mass is 9.94. The lowest BCUT2D eigenvalue weighted by Crippen LogP contribution is -2.23. The van der Waals surface area contributed by atoms with E-state index in [1.165, 1.54) is 16.7 Å². The summed E-state index contributed by atoms with van der Waals surface area (Å²) in [7, 11) is 0. The van der Waals surface area contributed by atoms with Gasteiger partial charge in [0.15, 0.2) is 0 Å². The molecule has 0 spiro atoms. The molecule has 0 amide bonds. The molecule has 1 aromatic heterocycles. The fraction of sp³-hybridized carbons (Fsp3) is 0.333. The predicted molar refractivity (Wildman–Crippen MR) is 85.6 cm³/mol. The molecule has 0 aliphatic carbocycles. The van der Waals surface area contributed by atoms with Gasteiger partial charge in [-0.1, -0.05) is 41.1 Å². The summed E-state index contributed by atoms with van der Waals surface area (Å²) in [5.41, 5.74) is 4.79. The van der Waals surface area contributed by atoms with E-state index in [1.807, 2.05) is 18.5 Å². The monoisotopic (exact) mass is 293 g/mol. The average molecular weight is 293 g/mol. The molecule has 2 atom stereocenters. The highest BCUT2D eigenvalue weighted by Gasteiger charge is 2.42. The van der Waals surface area contributed by atoms with Crippen molar-refractivity contribution in [1.29, 1.82) is 0 Å². The van der Waals surface area contributed by atoms with Crippen LogP contribution < -0.4 is 0 Å². The highest BCUT2D eigenvalue weighted by molar-refractivity contribution is 6.03. The van der Waals surface area contributed by atoms with Crippen molar-refractivity contribution in [2.24, 2.45) is 11.1 Å². The summed E-state index contributed by atoms with van der Waals surface area (Å²) in [6, 6.07) is 12.7. The molecule has 4 heteroatoms. The third-order valence-electron chi connectivity index (χ3n) is 4.46. The average Bonchev–Trinajstić information content (AvgIpc) is 3.09. The number of hydrogen-bond donors (Lipinski definition) is 0. The summed E-state index contributed by atoms with van der Waals surface area (Å²) in [6.45, 7) is 4.95.